The van der Waals surface area contributed by atoms with Crippen molar-refractivity contribution in [2.24, 2.45) is 0 Å². The van der Waals surface area contributed by atoms with Crippen molar-refractivity contribution in [1.82, 2.24) is 0 Å². The van der Waals surface area contributed by atoms with E-state index in [0.29, 0.717) is 0 Å². The van der Waals surface area contributed by atoms with E-state index in [1.165, 1.54) is 7.11 Å². The molecule has 0 rings (SSSR count). The fourth-order valence-electron chi connectivity index (χ4n) is 0.390. The molecule has 0 aromatic heterocycles. The van der Waals surface area contributed by atoms with Crippen LogP contribution in [0.3, 0.4) is 0 Å². The first-order chi connectivity index (χ1) is 4.66. The van der Waals surface area contributed by atoms with Gasteiger partial charge < -0.3 is 15.2 Å². The standard InChI is InChI=1S/C5H8NO4.K/c1-10-5(7)3-2-4-6(8)9;/h4H,2-3H2,1H3;/q-1;+1. The Labute approximate surface area is 107 Å². The van der Waals surface area contributed by atoms with Crippen LogP contribution >= 0.6 is 0 Å². The molecule has 11 heavy (non-hydrogen) atoms. The normalized spacial score (nSPS) is 7.73. The van der Waals surface area contributed by atoms with E-state index >= 15 is 0 Å². The average molecular weight is 185 g/mol. The van der Waals surface area contributed by atoms with Crippen LogP contribution in [0, 0.1) is 10.4 Å². The maximum absolute atomic E-state index is 10.3. The minimum absolute atomic E-state index is 0. The van der Waals surface area contributed by atoms with Crippen LogP contribution in [0.4, 0.5) is 0 Å². The molecule has 0 N–H and O–H groups in total. The van der Waals surface area contributed by atoms with Crippen LogP contribution in [0.1, 0.15) is 12.8 Å². The van der Waals surface area contributed by atoms with Crippen LogP contribution in [0.15, 0.2) is 0 Å². The molecule has 5 nitrogen and oxygen atoms in total. The monoisotopic (exact) mass is 185 g/mol. The molecule has 58 valence electrons. The fraction of sp³-hybridized carbons (Fsp3) is 0.600. The number of methoxy groups -OCH3 is 1. The molecule has 0 spiro atoms. The minimum Gasteiger partial charge on any atom is -0.613 e. The zero-order chi connectivity index (χ0) is 7.98. The molecule has 0 atom stereocenters. The Morgan fingerprint density at radius 3 is 2.55 bits per heavy atom. The molecule has 0 aliphatic rings. The van der Waals surface area contributed by atoms with Gasteiger partial charge in [-0.2, -0.15) is 4.90 Å². The molecule has 0 aliphatic carbocycles. The van der Waals surface area contributed by atoms with Crippen LogP contribution < -0.4 is 51.4 Å². The van der Waals surface area contributed by atoms with Gasteiger partial charge in [-0.05, 0) is 0 Å². The quantitative estimate of drug-likeness (QED) is 0.155. The summed E-state index contributed by atoms with van der Waals surface area (Å²) in [5.41, 5.74) is 0. The minimum atomic E-state index is -0.580. The van der Waals surface area contributed by atoms with Gasteiger partial charge in [0.05, 0.1) is 13.5 Å². The van der Waals surface area contributed by atoms with Gasteiger partial charge in [0.2, 0.25) is 0 Å². The van der Waals surface area contributed by atoms with Gasteiger partial charge in [0.15, 0.2) is 6.21 Å². The first-order valence-electron chi connectivity index (χ1n) is 2.70. The summed E-state index contributed by atoms with van der Waals surface area (Å²) in [5.74, 6) is -0.432. The Morgan fingerprint density at radius 2 is 2.18 bits per heavy atom. The second-order valence-electron chi connectivity index (χ2n) is 1.58. The number of ether oxygens (including phenoxy) is 1. The molecule has 0 aromatic carbocycles. The maximum atomic E-state index is 10.3. The van der Waals surface area contributed by atoms with E-state index in [1.54, 1.807) is 0 Å². The fourth-order valence-corrected chi connectivity index (χ4v) is 0.390. The Hall–Kier alpha value is 0.376. The van der Waals surface area contributed by atoms with Gasteiger partial charge in [0.1, 0.15) is 0 Å². The van der Waals surface area contributed by atoms with Gasteiger partial charge in [-0.1, -0.05) is 0 Å². The van der Waals surface area contributed by atoms with E-state index in [9.17, 15) is 15.2 Å². The van der Waals surface area contributed by atoms with E-state index in [1.807, 2.05) is 0 Å². The first-order valence-corrected chi connectivity index (χ1v) is 2.70. The van der Waals surface area contributed by atoms with Gasteiger partial charge in [-0.25, -0.2) is 0 Å². The summed E-state index contributed by atoms with van der Waals surface area (Å²) in [4.78, 5) is 9.75. The number of carbonyl (C=O) groups excluding carboxylic acids is 1. The summed E-state index contributed by atoms with van der Waals surface area (Å²) < 4.78 is 4.25. The number of nitrogens with zero attached hydrogens (tertiary/aromatic N) is 1. The molecule has 0 saturated heterocycles. The molecule has 0 bridgehead atoms. The van der Waals surface area contributed by atoms with Gasteiger partial charge in [-0.15, -0.1) is 0 Å². The smallest absolute Gasteiger partial charge is 0.613 e. The predicted molar refractivity (Wildman–Crippen MR) is 34.3 cm³/mol. The van der Waals surface area contributed by atoms with Crippen molar-refractivity contribution in [2.45, 2.75) is 12.8 Å². The third-order valence-electron chi connectivity index (χ3n) is 0.854. The van der Waals surface area contributed by atoms with E-state index in [4.69, 9.17) is 0 Å². The second kappa shape index (κ2) is 8.47. The van der Waals surface area contributed by atoms with Crippen LogP contribution in [-0.2, 0) is 9.53 Å². The van der Waals surface area contributed by atoms with Crippen molar-refractivity contribution < 1.29 is 65.8 Å². The summed E-state index contributed by atoms with van der Waals surface area (Å²) >= 11 is 0. The van der Waals surface area contributed by atoms with Crippen molar-refractivity contribution in [1.29, 1.82) is 0 Å². The molecule has 0 unspecified atom stereocenters. The first kappa shape index (κ1) is 13.9. The third-order valence-corrected chi connectivity index (χ3v) is 0.854. The van der Waals surface area contributed by atoms with Crippen molar-refractivity contribution in [3.8, 4) is 0 Å². The number of esters is 1. The summed E-state index contributed by atoms with van der Waals surface area (Å²) in [6, 6.07) is 0. The molecule has 0 fully saturated rings. The molecule has 0 radical (unpaired) electrons. The van der Waals surface area contributed by atoms with Crippen molar-refractivity contribution in [2.75, 3.05) is 7.11 Å². The van der Waals surface area contributed by atoms with E-state index in [2.05, 4.69) is 4.74 Å². The Bertz CT molecular complexity index is 143. The van der Waals surface area contributed by atoms with E-state index < -0.39 is 10.9 Å². The Kier molecular flexibility index (Phi) is 10.7. The molecule has 0 aliphatic heterocycles. The molecule has 0 heterocycles. The number of hydrogen-bond donors (Lipinski definition) is 0. The number of rotatable bonds is 3. The summed E-state index contributed by atoms with van der Waals surface area (Å²) in [6.07, 6.45) is 1.02. The maximum Gasteiger partial charge on any atom is 1.00 e. The Balaban J connectivity index is 0. The van der Waals surface area contributed by atoms with E-state index in [-0.39, 0.29) is 64.2 Å². The van der Waals surface area contributed by atoms with Crippen LogP contribution in [0.2, 0.25) is 0 Å². The van der Waals surface area contributed by atoms with Gasteiger partial charge in [-0.3, -0.25) is 4.79 Å². The van der Waals surface area contributed by atoms with E-state index in [0.717, 1.165) is 6.21 Å². The molecule has 0 aromatic rings. The average Bonchev–Trinajstić information content (AvgIpc) is 1.87. The molecule has 0 saturated carbocycles. The molecular weight excluding hydrogens is 177 g/mol. The second-order valence-corrected chi connectivity index (χ2v) is 1.58. The van der Waals surface area contributed by atoms with Crippen LogP contribution in [0.25, 0.3) is 0 Å². The predicted octanol–water partition coefficient (Wildman–Crippen LogP) is -2.98. The SMILES string of the molecule is COC(=O)CCC=[N+]([O-])[O-].[K+]. The molecule has 6 heteroatoms. The van der Waals surface area contributed by atoms with Crippen molar-refractivity contribution >= 4 is 12.2 Å². The van der Waals surface area contributed by atoms with Crippen molar-refractivity contribution in [3.05, 3.63) is 10.4 Å². The summed E-state index contributed by atoms with van der Waals surface area (Å²) in [5, 5.41) is 19.3. The van der Waals surface area contributed by atoms with Crippen LogP contribution in [-0.4, -0.2) is 24.2 Å². The molecule has 0 amide bonds. The molecular formula is C5H8KNO4. The third kappa shape index (κ3) is 10.4. The zero-order valence-electron chi connectivity index (χ0n) is 6.57. The van der Waals surface area contributed by atoms with Crippen molar-refractivity contribution in [3.63, 3.8) is 0 Å². The van der Waals surface area contributed by atoms with Crippen LogP contribution in [0.5, 0.6) is 0 Å². The summed E-state index contributed by atoms with van der Waals surface area (Å²) in [7, 11) is 1.24. The Morgan fingerprint density at radius 1 is 1.64 bits per heavy atom. The van der Waals surface area contributed by atoms with Gasteiger partial charge in [0.25, 0.3) is 0 Å². The zero-order valence-corrected chi connectivity index (χ0v) is 9.69. The summed E-state index contributed by atoms with van der Waals surface area (Å²) in [6.45, 7) is 0. The largest absolute Gasteiger partial charge is 1.00 e. The topological polar surface area (TPSA) is 75.4 Å². The van der Waals surface area contributed by atoms with Gasteiger partial charge in [0, 0.05) is 6.42 Å². The van der Waals surface area contributed by atoms with Gasteiger partial charge >= 0.3 is 57.4 Å². The number of hydrogen-bond acceptors (Lipinski definition) is 4. The number of carbonyl (C=O) groups is 1.